The molecule has 0 aliphatic rings. The Morgan fingerprint density at radius 1 is 1.16 bits per heavy atom. The number of hydrogen-bond donors (Lipinski definition) is 0. The molecule has 1 aromatic heterocycles. The van der Waals surface area contributed by atoms with Gasteiger partial charge in [0.05, 0.1) is 12.7 Å². The predicted octanol–water partition coefficient (Wildman–Crippen LogP) is 2.93. The molecular weight excluding hydrogens is 245 g/mol. The highest BCUT2D eigenvalue weighted by molar-refractivity contribution is 6.21. The second-order valence-electron chi connectivity index (χ2n) is 3.84. The third-order valence-electron chi connectivity index (χ3n) is 2.58. The first-order chi connectivity index (χ1) is 9.20. The van der Waals surface area contributed by atoms with Gasteiger partial charge in [0.2, 0.25) is 0 Å². The van der Waals surface area contributed by atoms with Gasteiger partial charge in [-0.25, -0.2) is 9.18 Å². The Labute approximate surface area is 110 Å². The Morgan fingerprint density at radius 3 is 2.37 bits per heavy atom. The molecule has 96 valence electrons. The van der Waals surface area contributed by atoms with E-state index in [9.17, 15) is 9.18 Å². The topological polar surface area (TPSA) is 39.2 Å². The summed E-state index contributed by atoms with van der Waals surface area (Å²) in [6.07, 6.45) is 4.94. The number of methoxy groups -OCH3 is 1. The lowest BCUT2D eigenvalue weighted by molar-refractivity contribution is -0.133. The summed E-state index contributed by atoms with van der Waals surface area (Å²) in [6.45, 7) is 0. The maximum absolute atomic E-state index is 12.9. The van der Waals surface area contributed by atoms with Gasteiger partial charge in [-0.1, -0.05) is 12.1 Å². The lowest BCUT2D eigenvalue weighted by atomic mass is 10.0. The average molecular weight is 257 g/mol. The highest BCUT2D eigenvalue weighted by atomic mass is 19.1. The van der Waals surface area contributed by atoms with Crippen molar-refractivity contribution in [1.82, 2.24) is 4.98 Å². The van der Waals surface area contributed by atoms with Crippen LogP contribution in [0.5, 0.6) is 0 Å². The van der Waals surface area contributed by atoms with E-state index in [-0.39, 0.29) is 5.82 Å². The van der Waals surface area contributed by atoms with Crippen LogP contribution in [-0.4, -0.2) is 18.1 Å². The number of pyridine rings is 1. The van der Waals surface area contributed by atoms with Gasteiger partial charge >= 0.3 is 5.97 Å². The van der Waals surface area contributed by atoms with Gasteiger partial charge in [-0.05, 0) is 41.5 Å². The third-order valence-corrected chi connectivity index (χ3v) is 2.58. The van der Waals surface area contributed by atoms with Crippen LogP contribution >= 0.6 is 0 Å². The predicted molar refractivity (Wildman–Crippen MR) is 70.5 cm³/mol. The van der Waals surface area contributed by atoms with Gasteiger partial charge in [0.1, 0.15) is 5.82 Å². The summed E-state index contributed by atoms with van der Waals surface area (Å²) in [5.41, 5.74) is 1.79. The normalized spacial score (nSPS) is 11.2. The number of rotatable bonds is 3. The van der Waals surface area contributed by atoms with Crippen LogP contribution in [0.1, 0.15) is 11.1 Å². The molecule has 2 aromatic rings. The Balaban J connectivity index is 2.45. The van der Waals surface area contributed by atoms with Crippen molar-refractivity contribution >= 4 is 17.6 Å². The number of ether oxygens (including phenoxy) is 1. The van der Waals surface area contributed by atoms with E-state index < -0.39 is 5.97 Å². The first-order valence-electron chi connectivity index (χ1n) is 5.66. The van der Waals surface area contributed by atoms with E-state index in [0.29, 0.717) is 11.1 Å². The number of carbonyl (C=O) groups is 1. The summed E-state index contributed by atoms with van der Waals surface area (Å²) in [5.74, 6) is -0.819. The molecule has 0 saturated carbocycles. The van der Waals surface area contributed by atoms with Gasteiger partial charge in [0.25, 0.3) is 0 Å². The molecule has 0 aliphatic carbocycles. The van der Waals surface area contributed by atoms with Crippen LogP contribution in [0, 0.1) is 5.82 Å². The van der Waals surface area contributed by atoms with Crippen LogP contribution in [0.25, 0.3) is 11.6 Å². The van der Waals surface area contributed by atoms with Crippen molar-refractivity contribution in [1.29, 1.82) is 0 Å². The lowest BCUT2D eigenvalue weighted by Crippen LogP contribution is -2.04. The molecule has 2 rings (SSSR count). The first kappa shape index (κ1) is 13.0. The van der Waals surface area contributed by atoms with Crippen molar-refractivity contribution in [2.45, 2.75) is 0 Å². The monoisotopic (exact) mass is 257 g/mol. The molecule has 0 amide bonds. The maximum atomic E-state index is 12.9. The fourth-order valence-corrected chi connectivity index (χ4v) is 1.63. The van der Waals surface area contributed by atoms with Crippen molar-refractivity contribution in [2.75, 3.05) is 7.11 Å². The highest BCUT2D eigenvalue weighted by Crippen LogP contribution is 2.19. The van der Waals surface area contributed by atoms with E-state index in [2.05, 4.69) is 4.98 Å². The number of aromatic nitrogens is 1. The second kappa shape index (κ2) is 5.91. The quantitative estimate of drug-likeness (QED) is 0.627. The molecule has 4 heteroatoms. The molecule has 0 radical (unpaired) electrons. The van der Waals surface area contributed by atoms with Gasteiger partial charge in [-0.15, -0.1) is 0 Å². The van der Waals surface area contributed by atoms with E-state index in [0.717, 1.165) is 5.56 Å². The smallest absolute Gasteiger partial charge is 0.338 e. The minimum atomic E-state index is -0.469. The molecule has 0 bridgehead atoms. The van der Waals surface area contributed by atoms with Crippen molar-refractivity contribution in [3.63, 3.8) is 0 Å². The zero-order valence-electron chi connectivity index (χ0n) is 10.3. The summed E-state index contributed by atoms with van der Waals surface area (Å²) in [7, 11) is 1.31. The van der Waals surface area contributed by atoms with Crippen LogP contribution < -0.4 is 0 Å². The second-order valence-corrected chi connectivity index (χ2v) is 3.84. The molecular formula is C15H12FNO2. The lowest BCUT2D eigenvalue weighted by Gasteiger charge is -2.06. The molecule has 1 aromatic carbocycles. The Kier molecular flexibility index (Phi) is 4.03. The summed E-state index contributed by atoms with van der Waals surface area (Å²) >= 11 is 0. The summed E-state index contributed by atoms with van der Waals surface area (Å²) < 4.78 is 17.7. The zero-order chi connectivity index (χ0) is 13.7. The van der Waals surface area contributed by atoms with E-state index in [1.54, 1.807) is 42.7 Å². The molecule has 3 nitrogen and oxygen atoms in total. The van der Waals surface area contributed by atoms with E-state index >= 15 is 0 Å². The Morgan fingerprint density at radius 2 is 1.79 bits per heavy atom. The minimum absolute atomic E-state index is 0.350. The first-order valence-corrected chi connectivity index (χ1v) is 5.66. The molecule has 0 N–H and O–H groups in total. The van der Waals surface area contributed by atoms with E-state index in [4.69, 9.17) is 4.74 Å². The van der Waals surface area contributed by atoms with Gasteiger partial charge < -0.3 is 4.74 Å². The molecule has 0 spiro atoms. The molecule has 19 heavy (non-hydrogen) atoms. The van der Waals surface area contributed by atoms with Crippen molar-refractivity contribution < 1.29 is 13.9 Å². The zero-order valence-corrected chi connectivity index (χ0v) is 10.3. The fraction of sp³-hybridized carbons (Fsp3) is 0.0667. The summed E-state index contributed by atoms with van der Waals surface area (Å²) in [5, 5.41) is 0. The van der Waals surface area contributed by atoms with Gasteiger partial charge in [-0.2, -0.15) is 0 Å². The SMILES string of the molecule is COC(=O)/C(=C\c1ccncc1)c1ccc(F)cc1. The summed E-state index contributed by atoms with van der Waals surface area (Å²) in [4.78, 5) is 15.7. The van der Waals surface area contributed by atoms with Crippen LogP contribution in [0.2, 0.25) is 0 Å². The van der Waals surface area contributed by atoms with Gasteiger partial charge in [0, 0.05) is 12.4 Å². The number of nitrogens with zero attached hydrogens (tertiary/aromatic N) is 1. The number of benzene rings is 1. The number of esters is 1. The molecule has 0 unspecified atom stereocenters. The summed E-state index contributed by atoms with van der Waals surface area (Å²) in [6, 6.07) is 9.23. The average Bonchev–Trinajstić information content (AvgIpc) is 2.46. The molecule has 0 aliphatic heterocycles. The highest BCUT2D eigenvalue weighted by Gasteiger charge is 2.12. The minimum Gasteiger partial charge on any atom is -0.465 e. The molecule has 0 fully saturated rings. The van der Waals surface area contributed by atoms with Gasteiger partial charge in [0.15, 0.2) is 0 Å². The van der Waals surface area contributed by atoms with Crippen LogP contribution in [-0.2, 0) is 9.53 Å². The molecule has 0 saturated heterocycles. The largest absolute Gasteiger partial charge is 0.465 e. The Hall–Kier alpha value is -2.49. The van der Waals surface area contributed by atoms with Crippen LogP contribution in [0.3, 0.4) is 0 Å². The number of hydrogen-bond acceptors (Lipinski definition) is 3. The van der Waals surface area contributed by atoms with Crippen molar-refractivity contribution in [3.05, 3.63) is 65.7 Å². The fourth-order valence-electron chi connectivity index (χ4n) is 1.63. The van der Waals surface area contributed by atoms with Crippen molar-refractivity contribution in [3.8, 4) is 0 Å². The number of halogens is 1. The standard InChI is InChI=1S/C15H12FNO2/c1-19-15(18)14(10-11-6-8-17-9-7-11)12-2-4-13(16)5-3-12/h2-10H,1H3/b14-10-. The van der Waals surface area contributed by atoms with Gasteiger partial charge in [-0.3, -0.25) is 4.98 Å². The van der Waals surface area contributed by atoms with E-state index in [1.165, 1.54) is 19.2 Å². The van der Waals surface area contributed by atoms with Crippen LogP contribution in [0.15, 0.2) is 48.8 Å². The van der Waals surface area contributed by atoms with Crippen molar-refractivity contribution in [2.24, 2.45) is 0 Å². The molecule has 0 atom stereocenters. The molecule has 1 heterocycles. The number of carbonyl (C=O) groups excluding carboxylic acids is 1. The third kappa shape index (κ3) is 3.25. The maximum Gasteiger partial charge on any atom is 0.338 e. The van der Waals surface area contributed by atoms with E-state index in [1.807, 2.05) is 0 Å². The van der Waals surface area contributed by atoms with Crippen LogP contribution in [0.4, 0.5) is 4.39 Å². The Bertz CT molecular complexity index is 591.